The van der Waals surface area contributed by atoms with Crippen LogP contribution in [0.3, 0.4) is 0 Å². The van der Waals surface area contributed by atoms with E-state index in [0.29, 0.717) is 5.56 Å². The van der Waals surface area contributed by atoms with Gasteiger partial charge in [-0.15, -0.1) is 0 Å². The molecule has 0 aliphatic carbocycles. The van der Waals surface area contributed by atoms with Gasteiger partial charge in [0.2, 0.25) is 11.7 Å². The minimum Gasteiger partial charge on any atom is -0.482 e. The maximum atomic E-state index is 14.8. The Balaban J connectivity index is 1.92. The molecule has 0 radical (unpaired) electrons. The lowest BCUT2D eigenvalue weighted by atomic mass is 10.1. The molecule has 8 nitrogen and oxygen atoms in total. The van der Waals surface area contributed by atoms with Gasteiger partial charge in [0.05, 0.1) is 14.9 Å². The molecule has 1 fully saturated rings. The average Bonchev–Trinajstić information content (AvgIpc) is 2.96. The Hall–Kier alpha value is -2.79. The first-order valence-electron chi connectivity index (χ1n) is 8.58. The van der Waals surface area contributed by atoms with Gasteiger partial charge in [0.25, 0.3) is 11.1 Å². The lowest BCUT2D eigenvalue weighted by molar-refractivity contribution is -0.121. The number of hydrogen-bond acceptors (Lipinski definition) is 8. The molecule has 0 saturated carbocycles. The number of rotatable bonds is 5. The van der Waals surface area contributed by atoms with Crippen molar-refractivity contribution in [1.82, 2.24) is 14.9 Å². The third-order valence-corrected chi connectivity index (χ3v) is 6.10. The summed E-state index contributed by atoms with van der Waals surface area (Å²) in [6, 6.07) is 1.50. The lowest BCUT2D eigenvalue weighted by Gasteiger charge is -2.17. The van der Waals surface area contributed by atoms with Gasteiger partial charge in [-0.05, 0) is 59.2 Å². The van der Waals surface area contributed by atoms with Crippen molar-refractivity contribution in [3.63, 3.8) is 0 Å². The zero-order chi connectivity index (χ0) is 22.2. The van der Waals surface area contributed by atoms with E-state index in [9.17, 15) is 18.8 Å². The van der Waals surface area contributed by atoms with Crippen LogP contribution in [0.15, 0.2) is 27.8 Å². The van der Waals surface area contributed by atoms with E-state index in [1.54, 1.807) is 0 Å². The molecule has 0 spiro atoms. The molecule has 1 aliphatic heterocycles. The van der Waals surface area contributed by atoms with Crippen molar-refractivity contribution in [2.24, 2.45) is 0 Å². The van der Waals surface area contributed by atoms with Gasteiger partial charge in [-0.3, -0.25) is 19.3 Å². The number of carbonyl (C=O) groups excluding carboxylic acids is 3. The molecule has 1 atom stereocenters. The van der Waals surface area contributed by atoms with E-state index in [-0.39, 0.29) is 32.2 Å². The largest absolute Gasteiger partial charge is 0.482 e. The minimum atomic E-state index is -0.966. The van der Waals surface area contributed by atoms with Crippen LogP contribution in [0.2, 0.25) is 0 Å². The smallest absolute Gasteiger partial charge is 0.293 e. The molecule has 11 heteroatoms. The van der Waals surface area contributed by atoms with E-state index < -0.39 is 28.9 Å². The molecule has 2 N–H and O–H groups in total. The van der Waals surface area contributed by atoms with Crippen molar-refractivity contribution < 1.29 is 23.5 Å². The van der Waals surface area contributed by atoms with Crippen LogP contribution in [-0.4, -0.2) is 44.9 Å². The Morgan fingerprint density at radius 1 is 1.37 bits per heavy atom. The van der Waals surface area contributed by atoms with Gasteiger partial charge >= 0.3 is 0 Å². The lowest BCUT2D eigenvalue weighted by Crippen LogP contribution is -2.25. The molecular formula is C19H16BrFN4O4S. The van der Waals surface area contributed by atoms with Crippen molar-refractivity contribution in [1.29, 1.82) is 0 Å². The summed E-state index contributed by atoms with van der Waals surface area (Å²) in [5, 5.41) is -0.420. The van der Waals surface area contributed by atoms with Crippen molar-refractivity contribution in [3.8, 4) is 5.75 Å². The number of ether oxygens (including phenoxy) is 1. The summed E-state index contributed by atoms with van der Waals surface area (Å²) < 4.78 is 20.6. The van der Waals surface area contributed by atoms with Gasteiger partial charge < -0.3 is 10.5 Å². The van der Waals surface area contributed by atoms with E-state index in [4.69, 9.17) is 10.5 Å². The number of nitrogen functional groups attached to an aromatic ring is 1. The maximum Gasteiger partial charge on any atom is 0.293 e. The SMILES string of the molecule is Cc1c(OC(C)C(=O)c2cnc(N)nc2)cc(/C=C2\SC(=O)N(C)C2=O)c(Br)c1F. The molecule has 1 unspecified atom stereocenters. The summed E-state index contributed by atoms with van der Waals surface area (Å²) in [4.78, 5) is 45.0. The normalized spacial score (nSPS) is 16.3. The summed E-state index contributed by atoms with van der Waals surface area (Å²) in [5.74, 6) is -1.34. The van der Waals surface area contributed by atoms with Crippen LogP contribution in [0.5, 0.6) is 5.75 Å². The number of likely N-dealkylation sites (N-methyl/N-ethyl adjacent to an activating group) is 1. The number of amides is 2. The highest BCUT2D eigenvalue weighted by Crippen LogP contribution is 2.36. The number of nitrogens with two attached hydrogens (primary N) is 1. The van der Waals surface area contributed by atoms with E-state index in [2.05, 4.69) is 25.9 Å². The number of benzene rings is 1. The van der Waals surface area contributed by atoms with Crippen molar-refractivity contribution in [2.45, 2.75) is 20.0 Å². The quantitative estimate of drug-likeness (QED) is 0.495. The Kier molecular flexibility index (Phi) is 6.22. The third kappa shape index (κ3) is 4.21. The first kappa shape index (κ1) is 21.9. The predicted molar refractivity (Wildman–Crippen MR) is 113 cm³/mol. The van der Waals surface area contributed by atoms with Crippen molar-refractivity contribution in [2.75, 3.05) is 12.8 Å². The molecule has 2 aromatic rings. The highest BCUT2D eigenvalue weighted by atomic mass is 79.9. The Bertz CT molecular complexity index is 1090. The fourth-order valence-electron chi connectivity index (χ4n) is 2.57. The molecular weight excluding hydrogens is 479 g/mol. The fraction of sp³-hybridized carbons (Fsp3) is 0.211. The van der Waals surface area contributed by atoms with Gasteiger partial charge in [-0.2, -0.15) is 0 Å². The molecule has 2 heterocycles. The van der Waals surface area contributed by atoms with Crippen molar-refractivity contribution in [3.05, 3.63) is 50.3 Å². The second-order valence-electron chi connectivity index (χ2n) is 6.41. The van der Waals surface area contributed by atoms with Gasteiger partial charge in [-0.1, -0.05) is 0 Å². The summed E-state index contributed by atoms with van der Waals surface area (Å²) in [5.41, 5.74) is 6.09. The number of ketones is 1. The molecule has 2 amide bonds. The Labute approximate surface area is 183 Å². The van der Waals surface area contributed by atoms with E-state index in [0.717, 1.165) is 16.7 Å². The van der Waals surface area contributed by atoms with E-state index >= 15 is 0 Å². The number of halogens is 2. The molecule has 30 heavy (non-hydrogen) atoms. The second kappa shape index (κ2) is 8.52. The van der Waals surface area contributed by atoms with Crippen LogP contribution in [-0.2, 0) is 4.79 Å². The van der Waals surface area contributed by atoms with Gasteiger partial charge in [-0.25, -0.2) is 14.4 Å². The maximum absolute atomic E-state index is 14.8. The highest BCUT2D eigenvalue weighted by molar-refractivity contribution is 9.10. The molecule has 156 valence electrons. The average molecular weight is 495 g/mol. The zero-order valence-electron chi connectivity index (χ0n) is 16.1. The third-order valence-electron chi connectivity index (χ3n) is 4.33. The minimum absolute atomic E-state index is 0.0343. The second-order valence-corrected chi connectivity index (χ2v) is 8.20. The summed E-state index contributed by atoms with van der Waals surface area (Å²) >= 11 is 3.93. The van der Waals surface area contributed by atoms with Crippen LogP contribution in [0.4, 0.5) is 15.1 Å². The number of aromatic nitrogens is 2. The Morgan fingerprint density at radius 3 is 2.57 bits per heavy atom. The number of Topliss-reactive ketones (excluding diaryl/α,β-unsaturated/α-hetero) is 1. The van der Waals surface area contributed by atoms with Crippen molar-refractivity contribution >= 4 is 56.6 Å². The molecule has 1 aromatic carbocycles. The van der Waals surface area contributed by atoms with Gasteiger partial charge in [0, 0.05) is 25.0 Å². The number of carbonyl (C=O) groups is 3. The van der Waals surface area contributed by atoms with E-state index in [1.165, 1.54) is 45.4 Å². The number of hydrogen-bond donors (Lipinski definition) is 1. The number of anilines is 1. The number of nitrogens with zero attached hydrogens (tertiary/aromatic N) is 3. The van der Waals surface area contributed by atoms with Crippen LogP contribution in [0.25, 0.3) is 6.08 Å². The van der Waals surface area contributed by atoms with Gasteiger partial charge in [0.15, 0.2) is 6.10 Å². The highest BCUT2D eigenvalue weighted by Gasteiger charge is 2.32. The van der Waals surface area contributed by atoms with E-state index in [1.807, 2.05) is 0 Å². The summed E-state index contributed by atoms with van der Waals surface area (Å²) in [7, 11) is 1.37. The predicted octanol–water partition coefficient (Wildman–Crippen LogP) is 3.59. The number of thioether (sulfide) groups is 1. The fourth-order valence-corrected chi connectivity index (χ4v) is 3.91. The van der Waals surface area contributed by atoms with Crippen LogP contribution < -0.4 is 10.5 Å². The van der Waals surface area contributed by atoms with Crippen LogP contribution >= 0.6 is 27.7 Å². The van der Waals surface area contributed by atoms with Gasteiger partial charge in [0.1, 0.15) is 11.6 Å². The first-order chi connectivity index (χ1) is 14.1. The molecule has 3 rings (SSSR count). The number of imide groups is 1. The standard InChI is InChI=1S/C19H16BrFN4O4S/c1-8-12(29-9(2)16(26)11-6-23-18(22)24-7-11)4-10(14(20)15(8)21)5-13-17(27)25(3)19(28)30-13/h4-7,9H,1-3H3,(H2,22,23,24)/b13-5-. The zero-order valence-corrected chi connectivity index (χ0v) is 18.5. The summed E-state index contributed by atoms with van der Waals surface area (Å²) in [6.45, 7) is 3.02. The topological polar surface area (TPSA) is 115 Å². The monoisotopic (exact) mass is 494 g/mol. The van der Waals surface area contributed by atoms with Crippen LogP contribution in [0, 0.1) is 12.7 Å². The molecule has 1 saturated heterocycles. The molecule has 0 bridgehead atoms. The molecule has 1 aromatic heterocycles. The van der Waals surface area contributed by atoms with Crippen LogP contribution in [0.1, 0.15) is 28.4 Å². The molecule has 1 aliphatic rings. The summed E-state index contributed by atoms with van der Waals surface area (Å²) in [6.07, 6.45) is 3.00. The Morgan fingerprint density at radius 2 is 2.00 bits per heavy atom. The first-order valence-corrected chi connectivity index (χ1v) is 10.2.